The fraction of sp³-hybridized carbons (Fsp3) is 0.204. The quantitative estimate of drug-likeness (QED) is 0.0549. The molecule has 3 fully saturated rings. The van der Waals surface area contributed by atoms with Gasteiger partial charge in [-0.15, -0.1) is 6.58 Å². The lowest BCUT2D eigenvalue weighted by Crippen LogP contribution is -2.64. The molecule has 3 saturated heterocycles. The van der Waals surface area contributed by atoms with E-state index in [1.165, 1.54) is 12.1 Å². The summed E-state index contributed by atoms with van der Waals surface area (Å²) in [6, 6.07) is 46.8. The van der Waals surface area contributed by atoms with Gasteiger partial charge in [-0.2, -0.15) is 5.01 Å². The van der Waals surface area contributed by atoms with Crippen LogP contribution in [0.2, 0.25) is 5.02 Å². The zero-order valence-electron chi connectivity index (χ0n) is 36.2. The van der Waals surface area contributed by atoms with E-state index in [2.05, 4.69) is 6.58 Å². The molecule has 66 heavy (non-hydrogen) atoms. The van der Waals surface area contributed by atoms with Crippen LogP contribution in [-0.4, -0.2) is 69.2 Å². The van der Waals surface area contributed by atoms with E-state index in [9.17, 15) is 0 Å². The fourth-order valence-corrected chi connectivity index (χ4v) is 10.9. The average Bonchev–Trinajstić information content (AvgIpc) is 4.01. The van der Waals surface area contributed by atoms with Crippen LogP contribution in [0, 0.1) is 12.8 Å². The van der Waals surface area contributed by atoms with Crippen LogP contribution in [0.1, 0.15) is 57.6 Å². The lowest BCUT2D eigenvalue weighted by Gasteiger charge is -2.42. The Hall–Kier alpha value is -7.18. The molecule has 12 heteroatoms. The van der Waals surface area contributed by atoms with Gasteiger partial charge >= 0.3 is 11.9 Å². The molecule has 4 heterocycles. The van der Waals surface area contributed by atoms with Gasteiger partial charge in [0.2, 0.25) is 17.4 Å². The van der Waals surface area contributed by atoms with E-state index < -0.39 is 70.9 Å². The minimum atomic E-state index is -2.49. The highest BCUT2D eigenvalue weighted by Gasteiger charge is 2.83. The number of fused-ring (bicyclic) bond motifs is 7. The molecule has 0 unspecified atom stereocenters. The highest BCUT2D eigenvalue weighted by molar-refractivity contribution is 6.31. The molecule has 4 aliphatic rings. The van der Waals surface area contributed by atoms with Crippen LogP contribution in [0.25, 0.3) is 0 Å². The van der Waals surface area contributed by atoms with Gasteiger partial charge in [0.15, 0.2) is 17.7 Å². The summed E-state index contributed by atoms with van der Waals surface area (Å²) in [6.07, 6.45) is -0.892. The molecule has 0 N–H and O–H groups in total. The highest BCUT2D eigenvalue weighted by atomic mass is 35.5. The van der Waals surface area contributed by atoms with Crippen molar-refractivity contribution < 1.29 is 33.4 Å². The second-order valence-electron chi connectivity index (χ2n) is 17.2. The first-order chi connectivity index (χ1) is 32.0. The number of amides is 3. The van der Waals surface area contributed by atoms with Gasteiger partial charge in [0.25, 0.3) is 5.91 Å². The van der Waals surface area contributed by atoms with Gasteiger partial charge in [-0.1, -0.05) is 169 Å². The molecule has 6 aromatic rings. The third kappa shape index (κ3) is 6.44. The number of hydrogen-bond acceptors (Lipinski definition) is 9. The van der Waals surface area contributed by atoms with Crippen LogP contribution in [0.3, 0.4) is 0 Å². The molecule has 4 aliphatic heterocycles. The van der Waals surface area contributed by atoms with Crippen LogP contribution in [0.4, 0.5) is 5.69 Å². The van der Waals surface area contributed by atoms with Crippen molar-refractivity contribution in [2.75, 3.05) is 11.9 Å². The van der Waals surface area contributed by atoms with Crippen molar-refractivity contribution in [2.45, 2.75) is 55.3 Å². The summed E-state index contributed by atoms with van der Waals surface area (Å²) < 4.78 is 13.4. The number of anilines is 1. The molecule has 0 bridgehead atoms. The summed E-state index contributed by atoms with van der Waals surface area (Å²) in [5.74, 6) is -5.43. The van der Waals surface area contributed by atoms with E-state index in [0.717, 1.165) is 10.5 Å². The molecule has 330 valence electrons. The van der Waals surface area contributed by atoms with Crippen molar-refractivity contribution in [1.82, 2.24) is 14.9 Å². The number of rotatable bonds is 11. The summed E-state index contributed by atoms with van der Waals surface area (Å²) in [5, 5.41) is 3.23. The maximum absolute atomic E-state index is 16.1. The van der Waals surface area contributed by atoms with Crippen LogP contribution in [-0.2, 0) is 45.5 Å². The highest BCUT2D eigenvalue weighted by Crippen LogP contribution is 2.64. The van der Waals surface area contributed by atoms with Gasteiger partial charge in [-0.05, 0) is 52.4 Å². The molecule has 11 nitrogen and oxygen atoms in total. The number of likely N-dealkylation sites (tertiary alicyclic amines) is 1. The predicted molar refractivity (Wildman–Crippen MR) is 247 cm³/mol. The van der Waals surface area contributed by atoms with Crippen LogP contribution < -0.4 is 4.90 Å². The number of carbonyl (C=O) groups is 5. The molecule has 0 radical (unpaired) electrons. The topological polar surface area (TPSA) is 117 Å². The van der Waals surface area contributed by atoms with Crippen molar-refractivity contribution in [3.05, 3.63) is 220 Å². The molecule has 1 spiro atoms. The Morgan fingerprint density at radius 2 is 1.15 bits per heavy atom. The number of nitrogens with zero attached hydrogens (tertiary/aromatic N) is 4. The number of carbonyl (C=O) groups excluding carboxylic acids is 5. The Kier molecular flexibility index (Phi) is 10.8. The number of ether oxygens (including phenoxy) is 2. The Morgan fingerprint density at radius 1 is 0.697 bits per heavy atom. The summed E-state index contributed by atoms with van der Waals surface area (Å²) in [5.41, 5.74) is 0.316. The first kappa shape index (κ1) is 42.8. The predicted octanol–water partition coefficient (Wildman–Crippen LogP) is 8.27. The smallest absolute Gasteiger partial charge is 0.340 e. The maximum atomic E-state index is 16.1. The van der Waals surface area contributed by atoms with Crippen molar-refractivity contribution in [1.29, 1.82) is 0 Å². The molecule has 6 aromatic carbocycles. The largest absolute Gasteiger partial charge is 0.451 e. The summed E-state index contributed by atoms with van der Waals surface area (Å²) in [7, 11) is 1.35. The Bertz CT molecular complexity index is 2710. The van der Waals surface area contributed by atoms with Crippen molar-refractivity contribution in [3.8, 4) is 0 Å². The molecule has 10 rings (SSSR count). The lowest BCUT2D eigenvalue weighted by atomic mass is 9.75. The third-order valence-corrected chi connectivity index (χ3v) is 13.7. The standard InChI is InChI=1S/C54H45ClN4O7/c1-4-41-32-53(51(63)65-46(36-22-12-6-13-23-36)37-24-14-7-15-25-37,52(64)66-47(38-26-16-8-17-27-38)39-28-18-9-19-29-39)59-45-43(48(60)56(3)49(45)61)54(58(41)59)42-31-40(55)30-34(2)44(42)57(50(54)62)33-35-20-10-5-11-21-35/h4-31,41,43,45-47H,1,32-33H2,2-3H3/t41-,43-,45+,54+/m1/s1. The minimum Gasteiger partial charge on any atom is -0.451 e. The van der Waals surface area contributed by atoms with Crippen LogP contribution in [0.5, 0.6) is 0 Å². The molecule has 4 atom stereocenters. The molecule has 0 aliphatic carbocycles. The first-order valence-corrected chi connectivity index (χ1v) is 22.2. The molecule has 3 amide bonds. The molecule has 0 aromatic heterocycles. The minimum absolute atomic E-state index is 0.111. The van der Waals surface area contributed by atoms with E-state index in [0.29, 0.717) is 44.1 Å². The number of hydrazine groups is 1. The van der Waals surface area contributed by atoms with E-state index in [1.54, 1.807) is 28.1 Å². The third-order valence-electron chi connectivity index (χ3n) is 13.5. The zero-order chi connectivity index (χ0) is 45.9. The Balaban J connectivity index is 1.21. The fourth-order valence-electron chi connectivity index (χ4n) is 10.7. The Labute approximate surface area is 387 Å². The monoisotopic (exact) mass is 896 g/mol. The van der Waals surface area contributed by atoms with Crippen molar-refractivity contribution in [2.24, 2.45) is 5.92 Å². The van der Waals surface area contributed by atoms with Crippen LogP contribution in [0.15, 0.2) is 176 Å². The second-order valence-corrected chi connectivity index (χ2v) is 17.6. The zero-order valence-corrected chi connectivity index (χ0v) is 37.0. The summed E-state index contributed by atoms with van der Waals surface area (Å²) in [4.78, 5) is 80.8. The number of imide groups is 1. The maximum Gasteiger partial charge on any atom is 0.340 e. The molecule has 0 saturated carbocycles. The van der Waals surface area contributed by atoms with Gasteiger partial charge in [-0.3, -0.25) is 19.3 Å². The number of halogens is 1. The van der Waals surface area contributed by atoms with Gasteiger partial charge in [-0.25, -0.2) is 14.6 Å². The van der Waals surface area contributed by atoms with Gasteiger partial charge in [0.1, 0.15) is 6.04 Å². The van der Waals surface area contributed by atoms with E-state index >= 15 is 24.0 Å². The number of hydrogen-bond donors (Lipinski definition) is 0. The molecular formula is C54H45ClN4O7. The number of benzene rings is 6. The SMILES string of the molecule is C=C[C@@H]1CC(C(=O)OC(c2ccccc2)c2ccccc2)(C(=O)OC(c2ccccc2)c2ccccc2)N2[C@@H]3C(=O)N(C)C(=O)[C@@H]3[C@@]3(C(=O)N(Cc4ccccc4)c4c(C)cc(Cl)cc43)N12. The lowest BCUT2D eigenvalue weighted by molar-refractivity contribution is -0.192. The van der Waals surface area contributed by atoms with Crippen molar-refractivity contribution in [3.63, 3.8) is 0 Å². The average molecular weight is 897 g/mol. The van der Waals surface area contributed by atoms with Gasteiger partial charge < -0.3 is 14.4 Å². The Morgan fingerprint density at radius 3 is 1.61 bits per heavy atom. The number of likely N-dealkylation sites (N-methyl/N-ethyl adjacent to an activating group) is 1. The number of esters is 2. The van der Waals surface area contributed by atoms with E-state index in [4.69, 9.17) is 21.1 Å². The summed E-state index contributed by atoms with van der Waals surface area (Å²) >= 11 is 6.91. The normalized spacial score (nSPS) is 22.0. The van der Waals surface area contributed by atoms with E-state index in [1.807, 2.05) is 159 Å². The second kappa shape index (κ2) is 16.7. The molecular weight excluding hydrogens is 852 g/mol. The van der Waals surface area contributed by atoms with Crippen LogP contribution >= 0.6 is 11.6 Å². The van der Waals surface area contributed by atoms with Gasteiger partial charge in [0.05, 0.1) is 18.2 Å². The number of aryl methyl sites for hydroxylation is 1. The first-order valence-electron chi connectivity index (χ1n) is 21.8. The summed E-state index contributed by atoms with van der Waals surface area (Å²) in [6.45, 7) is 6.15. The van der Waals surface area contributed by atoms with Crippen molar-refractivity contribution >= 4 is 46.9 Å². The van der Waals surface area contributed by atoms with E-state index in [-0.39, 0.29) is 13.0 Å². The van der Waals surface area contributed by atoms with Gasteiger partial charge in [0, 0.05) is 30.1 Å².